The lowest BCUT2D eigenvalue weighted by molar-refractivity contribution is -0.110. The molecule has 0 aliphatic carbocycles. The minimum absolute atomic E-state index is 0.115. The summed E-state index contributed by atoms with van der Waals surface area (Å²) in [4.78, 5) is 20.7. The molecule has 0 bridgehead atoms. The lowest BCUT2D eigenvalue weighted by atomic mass is 10.9. The van der Waals surface area contributed by atoms with Crippen LogP contribution in [-0.2, 0) is 9.59 Å². The van der Waals surface area contributed by atoms with Crippen molar-refractivity contribution in [2.24, 2.45) is 0 Å². The number of thioether (sulfide) groups is 2. The fourth-order valence-electron chi connectivity index (χ4n) is 0.371. The lowest BCUT2D eigenvalue weighted by Crippen LogP contribution is -1.91. The molecule has 2 nitrogen and oxygen atoms in total. The number of hydrogen-bond acceptors (Lipinski definition) is 4. The highest BCUT2D eigenvalue weighted by Crippen LogP contribution is 2.07. The van der Waals surface area contributed by atoms with E-state index in [4.69, 9.17) is 0 Å². The second-order valence-electron chi connectivity index (χ2n) is 1.68. The van der Waals surface area contributed by atoms with Crippen molar-refractivity contribution in [2.45, 2.75) is 13.8 Å². The van der Waals surface area contributed by atoms with Gasteiger partial charge in [0, 0.05) is 25.4 Å². The third-order valence-electron chi connectivity index (χ3n) is 0.694. The van der Waals surface area contributed by atoms with Gasteiger partial charge in [0.1, 0.15) is 0 Å². The van der Waals surface area contributed by atoms with Crippen LogP contribution in [0.4, 0.5) is 0 Å². The molecule has 10 heavy (non-hydrogen) atoms. The van der Waals surface area contributed by atoms with Gasteiger partial charge in [-0.3, -0.25) is 9.59 Å². The number of carbonyl (C=O) groups excluding carboxylic acids is 2. The van der Waals surface area contributed by atoms with Crippen LogP contribution in [0.5, 0.6) is 0 Å². The summed E-state index contributed by atoms with van der Waals surface area (Å²) in [6.45, 7) is 3.06. The van der Waals surface area contributed by atoms with Crippen LogP contribution < -0.4 is 0 Å². The van der Waals surface area contributed by atoms with E-state index in [-0.39, 0.29) is 10.2 Å². The maximum absolute atomic E-state index is 10.4. The van der Waals surface area contributed by atoms with Crippen LogP contribution in [0.15, 0.2) is 0 Å². The Labute approximate surface area is 69.1 Å². The molecule has 0 spiro atoms. The first-order valence-electron chi connectivity index (χ1n) is 2.89. The minimum atomic E-state index is 0.115. The van der Waals surface area contributed by atoms with Crippen LogP contribution in [0.25, 0.3) is 0 Å². The number of carbonyl (C=O) groups is 2. The van der Waals surface area contributed by atoms with E-state index in [1.165, 1.54) is 37.4 Å². The predicted octanol–water partition coefficient (Wildman–Crippen LogP) is 1.55. The summed E-state index contributed by atoms with van der Waals surface area (Å²) in [7, 11) is 0. The molecule has 0 radical (unpaired) electrons. The maximum atomic E-state index is 10.4. The summed E-state index contributed by atoms with van der Waals surface area (Å²) in [6.07, 6.45) is 0. The largest absolute Gasteiger partial charge is 0.288 e. The maximum Gasteiger partial charge on any atom is 0.185 e. The van der Waals surface area contributed by atoms with E-state index in [0.29, 0.717) is 0 Å². The Bertz CT molecular complexity index is 118. The third kappa shape index (κ3) is 8.04. The smallest absolute Gasteiger partial charge is 0.185 e. The van der Waals surface area contributed by atoms with Crippen molar-refractivity contribution in [3.63, 3.8) is 0 Å². The lowest BCUT2D eigenvalue weighted by Gasteiger charge is -1.93. The molecule has 0 amide bonds. The van der Waals surface area contributed by atoms with E-state index in [1.54, 1.807) is 0 Å². The van der Waals surface area contributed by atoms with Crippen molar-refractivity contribution < 1.29 is 9.59 Å². The SMILES string of the molecule is CC(=O)SCCSC(C)=O. The minimum Gasteiger partial charge on any atom is -0.288 e. The highest BCUT2D eigenvalue weighted by atomic mass is 32.2. The Morgan fingerprint density at radius 3 is 1.50 bits per heavy atom. The van der Waals surface area contributed by atoms with Crippen molar-refractivity contribution in [3.8, 4) is 0 Å². The summed E-state index contributed by atoms with van der Waals surface area (Å²) in [5.74, 6) is 1.47. The molecule has 0 unspecified atom stereocenters. The van der Waals surface area contributed by atoms with E-state index in [9.17, 15) is 9.59 Å². The second-order valence-corrected chi connectivity index (χ2v) is 4.22. The Morgan fingerprint density at radius 1 is 1.00 bits per heavy atom. The van der Waals surface area contributed by atoms with Gasteiger partial charge in [0.05, 0.1) is 0 Å². The zero-order chi connectivity index (χ0) is 7.98. The Morgan fingerprint density at radius 2 is 1.30 bits per heavy atom. The summed E-state index contributed by atoms with van der Waals surface area (Å²) < 4.78 is 0. The zero-order valence-corrected chi connectivity index (χ0v) is 7.68. The fourth-order valence-corrected chi connectivity index (χ4v) is 1.61. The standard InChI is InChI=1S/C6H10O2S2/c1-5(7)9-3-4-10-6(2)8/h3-4H2,1-2H3. The topological polar surface area (TPSA) is 34.1 Å². The molecule has 0 saturated carbocycles. The zero-order valence-electron chi connectivity index (χ0n) is 6.05. The van der Waals surface area contributed by atoms with Gasteiger partial charge in [-0.05, 0) is 0 Å². The molecule has 58 valence electrons. The average Bonchev–Trinajstić information content (AvgIpc) is 1.79. The quantitative estimate of drug-likeness (QED) is 0.614. The van der Waals surface area contributed by atoms with Gasteiger partial charge in [-0.15, -0.1) is 0 Å². The number of hydrogen-bond donors (Lipinski definition) is 0. The molecule has 4 heteroatoms. The molecule has 0 aliphatic rings. The molecule has 0 aliphatic heterocycles. The second kappa shape index (κ2) is 5.80. The highest BCUT2D eigenvalue weighted by molar-refractivity contribution is 8.16. The van der Waals surface area contributed by atoms with E-state index < -0.39 is 0 Å². The molecule has 0 aromatic rings. The van der Waals surface area contributed by atoms with E-state index in [0.717, 1.165) is 11.5 Å². The van der Waals surface area contributed by atoms with Gasteiger partial charge in [0.2, 0.25) is 0 Å². The van der Waals surface area contributed by atoms with Crippen molar-refractivity contribution in [2.75, 3.05) is 11.5 Å². The number of rotatable bonds is 3. The molecule has 0 atom stereocenters. The monoisotopic (exact) mass is 178 g/mol. The highest BCUT2D eigenvalue weighted by Gasteiger charge is 1.96. The van der Waals surface area contributed by atoms with Crippen molar-refractivity contribution >= 4 is 33.8 Å². The third-order valence-corrected chi connectivity index (χ3v) is 2.58. The molecule has 0 N–H and O–H groups in total. The van der Waals surface area contributed by atoms with Gasteiger partial charge >= 0.3 is 0 Å². The summed E-state index contributed by atoms with van der Waals surface area (Å²) >= 11 is 2.52. The van der Waals surface area contributed by atoms with E-state index in [2.05, 4.69) is 0 Å². The van der Waals surface area contributed by atoms with Crippen LogP contribution in [0.2, 0.25) is 0 Å². The average molecular weight is 178 g/mol. The summed E-state index contributed by atoms with van der Waals surface area (Å²) in [6, 6.07) is 0. The van der Waals surface area contributed by atoms with Gasteiger partial charge in [0.15, 0.2) is 10.2 Å². The van der Waals surface area contributed by atoms with Crippen LogP contribution >= 0.6 is 23.5 Å². The fraction of sp³-hybridized carbons (Fsp3) is 0.667. The molecule has 0 fully saturated rings. The normalized spacial score (nSPS) is 9.40. The van der Waals surface area contributed by atoms with Crippen molar-refractivity contribution in [3.05, 3.63) is 0 Å². The summed E-state index contributed by atoms with van der Waals surface area (Å²) in [5, 5.41) is 0.230. The Balaban J connectivity index is 3.06. The van der Waals surface area contributed by atoms with Gasteiger partial charge in [0.25, 0.3) is 0 Å². The van der Waals surface area contributed by atoms with Crippen LogP contribution in [0, 0.1) is 0 Å². The van der Waals surface area contributed by atoms with Crippen molar-refractivity contribution in [1.29, 1.82) is 0 Å². The van der Waals surface area contributed by atoms with Crippen molar-refractivity contribution in [1.82, 2.24) is 0 Å². The van der Waals surface area contributed by atoms with Gasteiger partial charge < -0.3 is 0 Å². The first kappa shape index (κ1) is 10.0. The van der Waals surface area contributed by atoms with Gasteiger partial charge in [-0.2, -0.15) is 0 Å². The van der Waals surface area contributed by atoms with Crippen LogP contribution in [-0.4, -0.2) is 21.7 Å². The van der Waals surface area contributed by atoms with Crippen LogP contribution in [0.3, 0.4) is 0 Å². The van der Waals surface area contributed by atoms with Gasteiger partial charge in [-0.1, -0.05) is 23.5 Å². The molecule has 0 aromatic carbocycles. The molecule has 0 rings (SSSR count). The molecule has 0 heterocycles. The van der Waals surface area contributed by atoms with Crippen LogP contribution in [0.1, 0.15) is 13.8 Å². The van der Waals surface area contributed by atoms with Gasteiger partial charge in [-0.25, -0.2) is 0 Å². The molecular formula is C6H10O2S2. The predicted molar refractivity (Wildman–Crippen MR) is 46.3 cm³/mol. The molecule has 0 saturated heterocycles. The molecular weight excluding hydrogens is 168 g/mol. The first-order valence-corrected chi connectivity index (χ1v) is 4.87. The first-order chi connectivity index (χ1) is 4.63. The Hall–Kier alpha value is 0.0400. The Kier molecular flexibility index (Phi) is 5.82. The van der Waals surface area contributed by atoms with E-state index in [1.807, 2.05) is 0 Å². The van der Waals surface area contributed by atoms with E-state index >= 15 is 0 Å². The summed E-state index contributed by atoms with van der Waals surface area (Å²) in [5.41, 5.74) is 0. The molecule has 0 aromatic heterocycles.